The van der Waals surface area contributed by atoms with Gasteiger partial charge in [-0.25, -0.2) is 4.79 Å². The molecule has 0 spiro atoms. The minimum atomic E-state index is -0.328. The molecule has 3 amide bonds. The van der Waals surface area contributed by atoms with Crippen LogP contribution in [-0.2, 0) is 11.3 Å². The molecule has 4 fully saturated rings. The Labute approximate surface area is 185 Å². The Morgan fingerprint density at radius 2 is 1.74 bits per heavy atom. The van der Waals surface area contributed by atoms with Crippen LogP contribution in [0.25, 0.3) is 0 Å². The summed E-state index contributed by atoms with van der Waals surface area (Å²) >= 11 is 0. The number of carbonyl (C=O) groups is 2. The van der Waals surface area contributed by atoms with Crippen LogP contribution in [0.3, 0.4) is 0 Å². The lowest BCUT2D eigenvalue weighted by molar-refractivity contribution is -0.142. The van der Waals surface area contributed by atoms with Crippen LogP contribution in [0.15, 0.2) is 24.3 Å². The molecule has 0 bridgehead atoms. The third-order valence-electron chi connectivity index (χ3n) is 7.75. The molecule has 5 rings (SSSR count). The Kier molecular flexibility index (Phi) is 5.52. The molecule has 1 aromatic rings. The van der Waals surface area contributed by atoms with Crippen molar-refractivity contribution in [2.45, 2.75) is 77.0 Å². The van der Waals surface area contributed by atoms with Gasteiger partial charge in [0.15, 0.2) is 0 Å². The lowest BCUT2D eigenvalue weighted by Gasteiger charge is -2.48. The van der Waals surface area contributed by atoms with Crippen molar-refractivity contribution < 1.29 is 9.59 Å². The molecule has 31 heavy (non-hydrogen) atoms. The number of rotatable bonds is 3. The van der Waals surface area contributed by atoms with Crippen molar-refractivity contribution in [3.8, 4) is 0 Å². The summed E-state index contributed by atoms with van der Waals surface area (Å²) in [5, 5.41) is 3.68. The van der Waals surface area contributed by atoms with E-state index in [0.29, 0.717) is 18.5 Å². The first-order chi connectivity index (χ1) is 15.0. The summed E-state index contributed by atoms with van der Waals surface area (Å²) in [6.07, 6.45) is 6.14. The highest BCUT2D eigenvalue weighted by molar-refractivity contribution is 6.00. The summed E-state index contributed by atoms with van der Waals surface area (Å²) in [6.45, 7) is 6.58. The van der Waals surface area contributed by atoms with Crippen molar-refractivity contribution >= 4 is 11.9 Å². The lowest BCUT2D eigenvalue weighted by Crippen LogP contribution is -2.66. The number of hydrogen-bond acceptors (Lipinski definition) is 5. The summed E-state index contributed by atoms with van der Waals surface area (Å²) in [7, 11) is 1.83. The fourth-order valence-electron chi connectivity index (χ4n) is 6.08. The number of fused-ring (bicyclic) bond motifs is 3. The van der Waals surface area contributed by atoms with Crippen LogP contribution in [0.2, 0.25) is 0 Å². The third kappa shape index (κ3) is 3.56. The maximum absolute atomic E-state index is 13.7. The van der Waals surface area contributed by atoms with Gasteiger partial charge >= 0.3 is 6.03 Å². The van der Waals surface area contributed by atoms with E-state index in [-0.39, 0.29) is 30.4 Å². The van der Waals surface area contributed by atoms with Crippen molar-refractivity contribution in [3.63, 3.8) is 0 Å². The molecule has 4 atom stereocenters. The van der Waals surface area contributed by atoms with Crippen LogP contribution < -0.4 is 5.32 Å². The zero-order valence-corrected chi connectivity index (χ0v) is 19.0. The van der Waals surface area contributed by atoms with E-state index in [1.807, 2.05) is 38.2 Å². The number of urea groups is 1. The average molecular weight is 426 g/mol. The van der Waals surface area contributed by atoms with E-state index in [1.165, 1.54) is 37.0 Å². The molecule has 0 radical (unpaired) electrons. The molecule has 3 heterocycles. The zero-order valence-electron chi connectivity index (χ0n) is 19.0. The van der Waals surface area contributed by atoms with Gasteiger partial charge in [-0.2, -0.15) is 0 Å². The predicted molar refractivity (Wildman–Crippen MR) is 119 cm³/mol. The molecule has 1 saturated carbocycles. The van der Waals surface area contributed by atoms with Gasteiger partial charge < -0.3 is 4.90 Å². The number of nitrogens with one attached hydrogen (secondary N) is 1. The molecular weight excluding hydrogens is 390 g/mol. The van der Waals surface area contributed by atoms with E-state index >= 15 is 0 Å². The first-order valence-electron chi connectivity index (χ1n) is 11.9. The van der Waals surface area contributed by atoms with Gasteiger partial charge in [-0.1, -0.05) is 50.5 Å². The van der Waals surface area contributed by atoms with Gasteiger partial charge in [0.05, 0.1) is 6.54 Å². The lowest BCUT2D eigenvalue weighted by atomic mass is 9.92. The van der Waals surface area contributed by atoms with E-state index in [0.717, 1.165) is 24.2 Å². The second-order valence-corrected chi connectivity index (χ2v) is 9.96. The van der Waals surface area contributed by atoms with Gasteiger partial charge in [-0.15, -0.1) is 0 Å². The van der Waals surface area contributed by atoms with Gasteiger partial charge in [0.2, 0.25) is 0 Å². The minimum Gasteiger partial charge on any atom is -0.310 e. The van der Waals surface area contributed by atoms with Crippen LogP contribution in [-0.4, -0.2) is 76.2 Å². The Hall–Kier alpha value is -1.96. The average Bonchev–Trinajstić information content (AvgIpc) is 3.16. The molecule has 4 unspecified atom stereocenters. The molecule has 0 aromatic heterocycles. The number of amides is 3. The quantitative estimate of drug-likeness (QED) is 0.807. The van der Waals surface area contributed by atoms with Gasteiger partial charge in [0.25, 0.3) is 5.91 Å². The van der Waals surface area contributed by atoms with Crippen LogP contribution in [0.5, 0.6) is 0 Å². The number of likely N-dealkylation sites (N-methyl/N-ethyl adjacent to an activating group) is 1. The molecule has 1 N–H and O–H groups in total. The van der Waals surface area contributed by atoms with Crippen molar-refractivity contribution in [2.24, 2.45) is 5.92 Å². The molecule has 7 heteroatoms. The SMILES string of the molecule is Cc1ccccc1CN1C(=O)C2C(NC3N(C4CCCCC4)CC(C)CN23)N(C)C1=O. The van der Waals surface area contributed by atoms with Crippen molar-refractivity contribution in [2.75, 3.05) is 20.1 Å². The normalized spacial score (nSPS) is 33.0. The number of aryl methyl sites for hydroxylation is 1. The van der Waals surface area contributed by atoms with Gasteiger partial charge in [0, 0.05) is 26.2 Å². The molecule has 3 saturated heterocycles. The monoisotopic (exact) mass is 425 g/mol. The summed E-state index contributed by atoms with van der Waals surface area (Å²) in [6, 6.07) is 8.02. The molecule has 7 nitrogen and oxygen atoms in total. The van der Waals surface area contributed by atoms with Crippen LogP contribution in [0, 0.1) is 12.8 Å². The third-order valence-corrected chi connectivity index (χ3v) is 7.75. The van der Waals surface area contributed by atoms with E-state index in [1.54, 1.807) is 4.90 Å². The highest BCUT2D eigenvalue weighted by Gasteiger charge is 2.57. The maximum atomic E-state index is 13.7. The van der Waals surface area contributed by atoms with Gasteiger partial charge in [-0.05, 0) is 36.8 Å². The Morgan fingerprint density at radius 1 is 1.03 bits per heavy atom. The second kappa shape index (κ2) is 8.19. The van der Waals surface area contributed by atoms with E-state index in [2.05, 4.69) is 22.0 Å². The maximum Gasteiger partial charge on any atom is 0.328 e. The smallest absolute Gasteiger partial charge is 0.310 e. The largest absolute Gasteiger partial charge is 0.328 e. The van der Waals surface area contributed by atoms with Crippen molar-refractivity contribution in [1.82, 2.24) is 24.9 Å². The Balaban J connectivity index is 1.42. The van der Waals surface area contributed by atoms with Gasteiger partial charge in [0.1, 0.15) is 18.5 Å². The topological polar surface area (TPSA) is 59.1 Å². The highest BCUT2D eigenvalue weighted by Crippen LogP contribution is 2.36. The fraction of sp³-hybridized carbons (Fsp3) is 0.667. The highest BCUT2D eigenvalue weighted by atomic mass is 16.2. The molecule has 1 aliphatic carbocycles. The number of hydrogen-bond donors (Lipinski definition) is 1. The molecule has 1 aromatic carbocycles. The summed E-state index contributed by atoms with van der Waals surface area (Å²) in [5.74, 6) is 0.434. The Bertz CT molecular complexity index is 854. The van der Waals surface area contributed by atoms with Crippen LogP contribution >= 0.6 is 0 Å². The number of imide groups is 1. The molecule has 4 aliphatic rings. The first-order valence-corrected chi connectivity index (χ1v) is 11.9. The van der Waals surface area contributed by atoms with Crippen LogP contribution in [0.4, 0.5) is 4.79 Å². The van der Waals surface area contributed by atoms with E-state index in [9.17, 15) is 9.59 Å². The number of carbonyl (C=O) groups excluding carboxylic acids is 2. The zero-order chi connectivity index (χ0) is 21.7. The summed E-state index contributed by atoms with van der Waals surface area (Å²) in [5.41, 5.74) is 2.12. The van der Waals surface area contributed by atoms with Crippen molar-refractivity contribution in [3.05, 3.63) is 35.4 Å². The number of nitrogens with zero attached hydrogens (tertiary/aromatic N) is 4. The first kappa shape index (κ1) is 20.9. The fourth-order valence-corrected chi connectivity index (χ4v) is 6.08. The van der Waals surface area contributed by atoms with E-state index in [4.69, 9.17) is 0 Å². The molecular formula is C24H35N5O2. The molecule has 3 aliphatic heterocycles. The van der Waals surface area contributed by atoms with Gasteiger partial charge in [-0.3, -0.25) is 24.8 Å². The summed E-state index contributed by atoms with van der Waals surface area (Å²) < 4.78 is 0. The standard InChI is InChI=1S/C24H35N5O2/c1-16-13-27(19-11-5-4-6-12-19)23-25-21-20(28(23)14-16)22(30)29(24(31)26(21)3)15-18-10-8-7-9-17(18)2/h7-10,16,19-21,23,25H,4-6,11-15H2,1-3H3. The second-order valence-electron chi connectivity index (χ2n) is 9.96. The predicted octanol–water partition coefficient (Wildman–Crippen LogP) is 2.56. The van der Waals surface area contributed by atoms with Crippen LogP contribution in [0.1, 0.15) is 50.2 Å². The summed E-state index contributed by atoms with van der Waals surface area (Å²) in [4.78, 5) is 35.0. The number of benzene rings is 1. The Morgan fingerprint density at radius 3 is 2.48 bits per heavy atom. The van der Waals surface area contributed by atoms with Crippen molar-refractivity contribution in [1.29, 1.82) is 0 Å². The minimum absolute atomic E-state index is 0.0342. The molecule has 168 valence electrons. The van der Waals surface area contributed by atoms with E-state index < -0.39 is 0 Å².